The summed E-state index contributed by atoms with van der Waals surface area (Å²) in [7, 11) is 2.05. The Labute approximate surface area is 103 Å². The van der Waals surface area contributed by atoms with E-state index in [1.165, 1.54) is 0 Å². The monoisotopic (exact) mass is 245 g/mol. The SMILES string of the molecule is CN1CC(OCCOCC(=O)OC(C)(C)C)C1. The molecular weight excluding hydrogens is 222 g/mol. The van der Waals surface area contributed by atoms with Gasteiger partial charge in [-0.05, 0) is 27.8 Å². The lowest BCUT2D eigenvalue weighted by Crippen LogP contribution is -2.49. The molecule has 0 atom stereocenters. The van der Waals surface area contributed by atoms with Gasteiger partial charge in [0.1, 0.15) is 12.2 Å². The number of carbonyl (C=O) groups is 1. The number of likely N-dealkylation sites (N-methyl/N-ethyl adjacent to an activating group) is 1. The van der Waals surface area contributed by atoms with E-state index in [4.69, 9.17) is 14.2 Å². The summed E-state index contributed by atoms with van der Waals surface area (Å²) in [5, 5.41) is 0. The minimum absolute atomic E-state index is 0.00873. The Morgan fingerprint density at radius 1 is 1.29 bits per heavy atom. The lowest BCUT2D eigenvalue weighted by atomic mass is 10.2. The van der Waals surface area contributed by atoms with Crippen LogP contribution in [0.3, 0.4) is 0 Å². The second-order valence-electron chi connectivity index (χ2n) is 5.35. The van der Waals surface area contributed by atoms with Crippen LogP contribution in [-0.4, -0.2) is 62.5 Å². The molecule has 0 bridgehead atoms. The van der Waals surface area contributed by atoms with Gasteiger partial charge in [-0.3, -0.25) is 0 Å². The highest BCUT2D eigenvalue weighted by atomic mass is 16.6. The fraction of sp³-hybridized carbons (Fsp3) is 0.917. The molecule has 1 fully saturated rings. The summed E-state index contributed by atoms with van der Waals surface area (Å²) in [4.78, 5) is 13.5. The lowest BCUT2D eigenvalue weighted by Gasteiger charge is -2.35. The molecule has 1 rings (SSSR count). The third-order valence-corrected chi connectivity index (χ3v) is 2.25. The zero-order valence-electron chi connectivity index (χ0n) is 11.2. The van der Waals surface area contributed by atoms with Crippen LogP contribution in [-0.2, 0) is 19.0 Å². The van der Waals surface area contributed by atoms with Crippen molar-refractivity contribution in [3.05, 3.63) is 0 Å². The summed E-state index contributed by atoms with van der Waals surface area (Å²) in [6, 6.07) is 0. The first-order valence-electron chi connectivity index (χ1n) is 5.96. The third kappa shape index (κ3) is 6.61. The van der Waals surface area contributed by atoms with Crippen molar-refractivity contribution in [2.45, 2.75) is 32.5 Å². The van der Waals surface area contributed by atoms with E-state index < -0.39 is 5.60 Å². The second-order valence-corrected chi connectivity index (χ2v) is 5.35. The van der Waals surface area contributed by atoms with Crippen LogP contribution in [0.4, 0.5) is 0 Å². The summed E-state index contributed by atoms with van der Waals surface area (Å²) in [5.41, 5.74) is -0.451. The first-order valence-corrected chi connectivity index (χ1v) is 5.96. The average molecular weight is 245 g/mol. The van der Waals surface area contributed by atoms with Crippen molar-refractivity contribution < 1.29 is 19.0 Å². The number of esters is 1. The highest BCUT2D eigenvalue weighted by Gasteiger charge is 2.23. The van der Waals surface area contributed by atoms with Crippen LogP contribution >= 0.6 is 0 Å². The van der Waals surface area contributed by atoms with E-state index in [0.29, 0.717) is 19.3 Å². The normalized spacial score (nSPS) is 17.9. The van der Waals surface area contributed by atoms with E-state index in [-0.39, 0.29) is 12.6 Å². The summed E-state index contributed by atoms with van der Waals surface area (Å²) < 4.78 is 15.8. The number of hydrogen-bond acceptors (Lipinski definition) is 5. The summed E-state index contributed by atoms with van der Waals surface area (Å²) in [6.07, 6.45) is 0.324. The molecule has 1 aliphatic rings. The highest BCUT2D eigenvalue weighted by molar-refractivity contribution is 5.71. The molecule has 1 aliphatic heterocycles. The van der Waals surface area contributed by atoms with Gasteiger partial charge in [0.05, 0.1) is 19.3 Å². The van der Waals surface area contributed by atoms with Crippen molar-refractivity contribution in [2.24, 2.45) is 0 Å². The Morgan fingerprint density at radius 2 is 1.94 bits per heavy atom. The second kappa shape index (κ2) is 6.33. The zero-order chi connectivity index (χ0) is 12.9. The number of likely N-dealkylation sites (tertiary alicyclic amines) is 1. The predicted molar refractivity (Wildman–Crippen MR) is 63.9 cm³/mol. The summed E-state index contributed by atoms with van der Waals surface area (Å²) in [6.45, 7) is 8.41. The van der Waals surface area contributed by atoms with Gasteiger partial charge in [0.15, 0.2) is 0 Å². The third-order valence-electron chi connectivity index (χ3n) is 2.25. The van der Waals surface area contributed by atoms with Gasteiger partial charge in [0.2, 0.25) is 0 Å². The largest absolute Gasteiger partial charge is 0.458 e. The molecule has 0 spiro atoms. The maximum absolute atomic E-state index is 11.3. The number of ether oxygens (including phenoxy) is 3. The van der Waals surface area contributed by atoms with E-state index in [1.807, 2.05) is 20.8 Å². The Balaban J connectivity index is 1.92. The van der Waals surface area contributed by atoms with Gasteiger partial charge in [-0.1, -0.05) is 0 Å². The minimum Gasteiger partial charge on any atom is -0.458 e. The molecule has 0 aromatic carbocycles. The summed E-state index contributed by atoms with van der Waals surface area (Å²) >= 11 is 0. The van der Waals surface area contributed by atoms with Crippen LogP contribution in [0, 0.1) is 0 Å². The minimum atomic E-state index is -0.451. The first kappa shape index (κ1) is 14.4. The van der Waals surface area contributed by atoms with Gasteiger partial charge in [-0.2, -0.15) is 0 Å². The molecule has 5 heteroatoms. The predicted octanol–water partition coefficient (Wildman–Crippen LogP) is 0.675. The van der Waals surface area contributed by atoms with Crippen LogP contribution in [0.15, 0.2) is 0 Å². The van der Waals surface area contributed by atoms with Crippen LogP contribution in [0.1, 0.15) is 20.8 Å². The quantitative estimate of drug-likeness (QED) is 0.508. The number of carbonyl (C=O) groups excluding carboxylic acids is 1. The fourth-order valence-electron chi connectivity index (χ4n) is 1.55. The molecule has 0 aromatic heterocycles. The van der Waals surface area contributed by atoms with Crippen molar-refractivity contribution in [1.29, 1.82) is 0 Å². The van der Waals surface area contributed by atoms with E-state index in [1.54, 1.807) is 0 Å². The molecule has 1 saturated heterocycles. The molecule has 1 heterocycles. The molecule has 0 unspecified atom stereocenters. The zero-order valence-corrected chi connectivity index (χ0v) is 11.2. The first-order chi connectivity index (χ1) is 7.87. The van der Waals surface area contributed by atoms with Crippen molar-refractivity contribution in [3.8, 4) is 0 Å². The Kier molecular flexibility index (Phi) is 5.36. The Morgan fingerprint density at radius 3 is 2.47 bits per heavy atom. The van der Waals surface area contributed by atoms with Crippen LogP contribution < -0.4 is 0 Å². The topological polar surface area (TPSA) is 48.0 Å². The van der Waals surface area contributed by atoms with Gasteiger partial charge in [0, 0.05) is 13.1 Å². The molecule has 0 saturated carbocycles. The van der Waals surface area contributed by atoms with E-state index >= 15 is 0 Å². The van der Waals surface area contributed by atoms with Crippen LogP contribution in [0.5, 0.6) is 0 Å². The Hall–Kier alpha value is -0.650. The smallest absolute Gasteiger partial charge is 0.332 e. The maximum Gasteiger partial charge on any atom is 0.332 e. The fourth-order valence-corrected chi connectivity index (χ4v) is 1.55. The van der Waals surface area contributed by atoms with Crippen molar-refractivity contribution in [1.82, 2.24) is 4.90 Å². The highest BCUT2D eigenvalue weighted by Crippen LogP contribution is 2.08. The van der Waals surface area contributed by atoms with Crippen LogP contribution in [0.2, 0.25) is 0 Å². The van der Waals surface area contributed by atoms with E-state index in [9.17, 15) is 4.79 Å². The number of hydrogen-bond donors (Lipinski definition) is 0. The van der Waals surface area contributed by atoms with E-state index in [0.717, 1.165) is 13.1 Å². The van der Waals surface area contributed by atoms with Crippen molar-refractivity contribution >= 4 is 5.97 Å². The van der Waals surface area contributed by atoms with Crippen LogP contribution in [0.25, 0.3) is 0 Å². The molecule has 0 amide bonds. The lowest BCUT2D eigenvalue weighted by molar-refractivity contribution is -0.161. The maximum atomic E-state index is 11.3. The van der Waals surface area contributed by atoms with Gasteiger partial charge in [0.25, 0.3) is 0 Å². The van der Waals surface area contributed by atoms with Gasteiger partial charge in [-0.25, -0.2) is 4.79 Å². The van der Waals surface area contributed by atoms with Gasteiger partial charge in [-0.15, -0.1) is 0 Å². The molecular formula is C12H23NO4. The van der Waals surface area contributed by atoms with Crippen molar-refractivity contribution in [2.75, 3.05) is 40.0 Å². The molecule has 0 aliphatic carbocycles. The molecule has 100 valence electrons. The summed E-state index contributed by atoms with van der Waals surface area (Å²) in [5.74, 6) is -0.333. The van der Waals surface area contributed by atoms with E-state index in [2.05, 4.69) is 11.9 Å². The molecule has 0 N–H and O–H groups in total. The van der Waals surface area contributed by atoms with Crippen molar-refractivity contribution in [3.63, 3.8) is 0 Å². The standard InChI is InChI=1S/C12H23NO4/c1-12(2,3)17-11(14)9-15-5-6-16-10-7-13(4)8-10/h10H,5-9H2,1-4H3. The average Bonchev–Trinajstić information content (AvgIpc) is 2.11. The number of nitrogens with zero attached hydrogens (tertiary/aromatic N) is 1. The van der Waals surface area contributed by atoms with Gasteiger partial charge >= 0.3 is 5.97 Å². The van der Waals surface area contributed by atoms with Gasteiger partial charge < -0.3 is 19.1 Å². The number of rotatable bonds is 6. The molecule has 17 heavy (non-hydrogen) atoms. The molecule has 0 radical (unpaired) electrons. The molecule has 0 aromatic rings. The Bertz CT molecular complexity index is 243. The molecule has 5 nitrogen and oxygen atoms in total.